The Hall–Kier alpha value is -2.00. The molecule has 0 saturated carbocycles. The van der Waals surface area contributed by atoms with Gasteiger partial charge < -0.3 is 5.73 Å². The summed E-state index contributed by atoms with van der Waals surface area (Å²) in [6.45, 7) is 0. The fraction of sp³-hybridized carbons (Fsp3) is 0.100. The molecule has 5 nitrogen and oxygen atoms in total. The maximum atomic E-state index is 8.61. The van der Waals surface area contributed by atoms with E-state index in [1.807, 2.05) is 30.5 Å². The molecule has 0 radical (unpaired) electrons. The standard InChI is InChI=1S/C10H11N5S/c1-16-8-4-2-7(3-5-8)14-15-9(6-11)10(12)13/h2-5,14H,1H3,(H3,12,13)/b15-9+. The Bertz CT molecular complexity index is 443. The van der Waals surface area contributed by atoms with Crippen LogP contribution >= 0.6 is 11.8 Å². The van der Waals surface area contributed by atoms with Gasteiger partial charge in [-0.1, -0.05) is 0 Å². The monoisotopic (exact) mass is 233 g/mol. The number of amidine groups is 1. The molecule has 1 aromatic rings. The molecule has 0 bridgehead atoms. The number of hydrogen-bond acceptors (Lipinski definition) is 5. The van der Waals surface area contributed by atoms with E-state index in [0.717, 1.165) is 10.6 Å². The molecule has 1 rings (SSSR count). The third-order valence-corrected chi connectivity index (χ3v) is 2.49. The first-order valence-corrected chi connectivity index (χ1v) is 5.62. The van der Waals surface area contributed by atoms with Gasteiger partial charge in [-0.05, 0) is 30.5 Å². The Balaban J connectivity index is 2.74. The predicted molar refractivity (Wildman–Crippen MR) is 66.8 cm³/mol. The van der Waals surface area contributed by atoms with Crippen LogP contribution in [-0.4, -0.2) is 17.8 Å². The Morgan fingerprint density at radius 2 is 2.12 bits per heavy atom. The number of hydrogen-bond donors (Lipinski definition) is 3. The van der Waals surface area contributed by atoms with E-state index in [0.29, 0.717) is 0 Å². The lowest BCUT2D eigenvalue weighted by atomic mass is 10.3. The van der Waals surface area contributed by atoms with E-state index in [1.165, 1.54) is 0 Å². The molecule has 0 amide bonds. The second-order valence-corrected chi connectivity index (χ2v) is 3.71. The molecule has 1 aromatic carbocycles. The summed E-state index contributed by atoms with van der Waals surface area (Å²) < 4.78 is 0. The van der Waals surface area contributed by atoms with Crippen LogP contribution in [0.4, 0.5) is 5.69 Å². The molecule has 0 aliphatic heterocycles. The smallest absolute Gasteiger partial charge is 0.201 e. The summed E-state index contributed by atoms with van der Waals surface area (Å²) in [5.74, 6) is -0.351. The van der Waals surface area contributed by atoms with E-state index in [4.69, 9.17) is 16.4 Å². The zero-order chi connectivity index (χ0) is 12.0. The summed E-state index contributed by atoms with van der Waals surface area (Å²) in [4.78, 5) is 1.14. The van der Waals surface area contributed by atoms with E-state index < -0.39 is 0 Å². The van der Waals surface area contributed by atoms with Crippen LogP contribution in [0.5, 0.6) is 0 Å². The van der Waals surface area contributed by atoms with Crippen molar-refractivity contribution in [2.75, 3.05) is 11.7 Å². The number of rotatable bonds is 4. The van der Waals surface area contributed by atoms with Crippen LogP contribution in [0, 0.1) is 16.7 Å². The lowest BCUT2D eigenvalue weighted by Gasteiger charge is -2.01. The van der Waals surface area contributed by atoms with Crippen molar-refractivity contribution in [1.82, 2.24) is 0 Å². The molecule has 0 atom stereocenters. The van der Waals surface area contributed by atoms with Crippen molar-refractivity contribution in [2.45, 2.75) is 4.90 Å². The predicted octanol–water partition coefficient (Wildman–Crippen LogP) is 1.64. The fourth-order valence-electron chi connectivity index (χ4n) is 0.931. The molecule has 16 heavy (non-hydrogen) atoms. The largest absolute Gasteiger partial charge is 0.382 e. The van der Waals surface area contributed by atoms with E-state index in [-0.39, 0.29) is 11.5 Å². The zero-order valence-electron chi connectivity index (χ0n) is 8.69. The van der Waals surface area contributed by atoms with Gasteiger partial charge in [0.15, 0.2) is 5.84 Å². The highest BCUT2D eigenvalue weighted by Gasteiger charge is 2.00. The van der Waals surface area contributed by atoms with Crippen molar-refractivity contribution in [3.05, 3.63) is 24.3 Å². The van der Waals surface area contributed by atoms with Crippen molar-refractivity contribution in [3.8, 4) is 6.07 Å². The van der Waals surface area contributed by atoms with Gasteiger partial charge in [0.25, 0.3) is 0 Å². The number of benzene rings is 1. The average Bonchev–Trinajstić information content (AvgIpc) is 2.30. The number of anilines is 1. The maximum absolute atomic E-state index is 8.61. The molecule has 0 heterocycles. The van der Waals surface area contributed by atoms with Gasteiger partial charge >= 0.3 is 0 Å². The van der Waals surface area contributed by atoms with Gasteiger partial charge in [0.2, 0.25) is 5.71 Å². The summed E-state index contributed by atoms with van der Waals surface area (Å²) in [7, 11) is 0. The molecule has 0 aliphatic carbocycles. The first-order chi connectivity index (χ1) is 7.67. The first-order valence-electron chi connectivity index (χ1n) is 4.39. The Kier molecular flexibility index (Phi) is 4.36. The normalized spacial score (nSPS) is 10.6. The lowest BCUT2D eigenvalue weighted by molar-refractivity contribution is 1.32. The number of nitrogens with zero attached hydrogens (tertiary/aromatic N) is 2. The van der Waals surface area contributed by atoms with E-state index in [9.17, 15) is 0 Å². The highest BCUT2D eigenvalue weighted by atomic mass is 32.2. The van der Waals surface area contributed by atoms with Gasteiger partial charge in [-0.2, -0.15) is 10.4 Å². The fourth-order valence-corrected chi connectivity index (χ4v) is 1.34. The van der Waals surface area contributed by atoms with Crippen molar-refractivity contribution < 1.29 is 0 Å². The molecular formula is C10H11N5S. The van der Waals surface area contributed by atoms with E-state index >= 15 is 0 Å². The van der Waals surface area contributed by atoms with Gasteiger partial charge in [0, 0.05) is 4.90 Å². The SMILES string of the molecule is CSc1ccc(N/N=C(\C#N)C(=N)N)cc1. The summed E-state index contributed by atoms with van der Waals surface area (Å²) in [6.07, 6.45) is 1.99. The number of nitrogens with one attached hydrogen (secondary N) is 2. The third-order valence-electron chi connectivity index (χ3n) is 1.75. The van der Waals surface area contributed by atoms with Gasteiger partial charge in [0.1, 0.15) is 6.07 Å². The first kappa shape index (κ1) is 12.1. The number of thioether (sulfide) groups is 1. The lowest BCUT2D eigenvalue weighted by Crippen LogP contribution is -2.21. The third kappa shape index (κ3) is 3.29. The van der Waals surface area contributed by atoms with Gasteiger partial charge in [-0.15, -0.1) is 11.8 Å². The minimum atomic E-state index is -0.351. The summed E-state index contributed by atoms with van der Waals surface area (Å²) in [6, 6.07) is 9.27. The molecule has 0 saturated heterocycles. The molecule has 0 fully saturated rings. The molecule has 82 valence electrons. The number of hydrazone groups is 1. The summed E-state index contributed by atoms with van der Waals surface area (Å²) >= 11 is 1.64. The number of nitrogens with two attached hydrogens (primary N) is 1. The quantitative estimate of drug-likeness (QED) is 0.318. The number of nitriles is 1. The summed E-state index contributed by atoms with van der Waals surface area (Å²) in [5.41, 5.74) is 8.42. The van der Waals surface area contributed by atoms with E-state index in [2.05, 4.69) is 10.5 Å². The molecule has 4 N–H and O–H groups in total. The topological polar surface area (TPSA) is 98.0 Å². The molecule has 0 unspecified atom stereocenters. The average molecular weight is 233 g/mol. The van der Waals surface area contributed by atoms with Crippen LogP contribution in [0.15, 0.2) is 34.3 Å². The van der Waals surface area contributed by atoms with Crippen LogP contribution in [0.1, 0.15) is 0 Å². The minimum absolute atomic E-state index is 0.131. The van der Waals surface area contributed by atoms with Crippen LogP contribution in [-0.2, 0) is 0 Å². The Morgan fingerprint density at radius 1 is 1.50 bits per heavy atom. The van der Waals surface area contributed by atoms with Gasteiger partial charge in [-0.25, -0.2) is 0 Å². The van der Waals surface area contributed by atoms with Crippen molar-refractivity contribution in [2.24, 2.45) is 10.8 Å². The van der Waals surface area contributed by atoms with Crippen LogP contribution in [0.3, 0.4) is 0 Å². The second-order valence-electron chi connectivity index (χ2n) is 2.83. The van der Waals surface area contributed by atoms with Gasteiger partial charge in [0.05, 0.1) is 5.69 Å². The Labute approximate surface area is 97.8 Å². The molecule has 0 aromatic heterocycles. The van der Waals surface area contributed by atoms with Crippen LogP contribution < -0.4 is 11.2 Å². The van der Waals surface area contributed by atoms with E-state index in [1.54, 1.807) is 17.8 Å². The van der Waals surface area contributed by atoms with Crippen molar-refractivity contribution >= 4 is 29.0 Å². The molecular weight excluding hydrogens is 222 g/mol. The molecule has 0 spiro atoms. The highest BCUT2D eigenvalue weighted by molar-refractivity contribution is 7.98. The zero-order valence-corrected chi connectivity index (χ0v) is 9.51. The Morgan fingerprint density at radius 3 is 2.56 bits per heavy atom. The molecule has 6 heteroatoms. The highest BCUT2D eigenvalue weighted by Crippen LogP contribution is 2.17. The minimum Gasteiger partial charge on any atom is -0.382 e. The second kappa shape index (κ2) is 5.78. The van der Waals surface area contributed by atoms with Crippen molar-refractivity contribution in [3.63, 3.8) is 0 Å². The maximum Gasteiger partial charge on any atom is 0.201 e. The van der Waals surface area contributed by atoms with Crippen LogP contribution in [0.25, 0.3) is 0 Å². The summed E-state index contributed by atoms with van der Waals surface area (Å²) in [5, 5.41) is 19.4. The molecule has 0 aliphatic rings. The van der Waals surface area contributed by atoms with Crippen LogP contribution in [0.2, 0.25) is 0 Å². The van der Waals surface area contributed by atoms with Crippen molar-refractivity contribution in [1.29, 1.82) is 10.7 Å². The van der Waals surface area contributed by atoms with Gasteiger partial charge in [-0.3, -0.25) is 10.8 Å².